The van der Waals surface area contributed by atoms with Crippen LogP contribution in [0.4, 0.5) is 0 Å². The third kappa shape index (κ3) is 4.50. The van der Waals surface area contributed by atoms with E-state index in [2.05, 4.69) is 0 Å². The van der Waals surface area contributed by atoms with Crippen molar-refractivity contribution in [2.24, 2.45) is 0 Å². The molecule has 1 rings (SSSR count). The molecule has 1 atom stereocenters. The van der Waals surface area contributed by atoms with E-state index in [4.69, 9.17) is 5.11 Å². The van der Waals surface area contributed by atoms with Gasteiger partial charge in [-0.1, -0.05) is 30.3 Å². The number of aliphatic hydroxyl groups excluding tert-OH is 1. The van der Waals surface area contributed by atoms with E-state index < -0.39 is 0 Å². The molecule has 3 heteroatoms. The maximum atomic E-state index is 9.02. The van der Waals surface area contributed by atoms with Crippen molar-refractivity contribution in [3.8, 4) is 0 Å². The molecule has 1 N–H and O–H groups in total. The standard InChI is InChI=1S/C8H10O.ClH.Li/c1-7(9)8-5-3-2-4-6-8;;/h2-7,9H,1H3;1H;/q;;+1/p-1. The summed E-state index contributed by atoms with van der Waals surface area (Å²) in [6.45, 7) is 1.76. The van der Waals surface area contributed by atoms with E-state index in [1.165, 1.54) is 0 Å². The average Bonchev–Trinajstić information content (AvgIpc) is 1.90. The molecule has 0 radical (unpaired) electrons. The molecule has 0 saturated heterocycles. The molecule has 0 aliphatic rings. The fraction of sp³-hybridized carbons (Fsp3) is 0.250. The first-order chi connectivity index (χ1) is 4.30. The van der Waals surface area contributed by atoms with E-state index in [1.807, 2.05) is 30.3 Å². The Bertz CT molecular complexity index is 177. The van der Waals surface area contributed by atoms with E-state index in [0.29, 0.717) is 0 Å². The first kappa shape index (κ1) is 13.6. The van der Waals surface area contributed by atoms with Crippen LogP contribution < -0.4 is 31.3 Å². The van der Waals surface area contributed by atoms with E-state index in [-0.39, 0.29) is 37.4 Å². The van der Waals surface area contributed by atoms with Gasteiger partial charge in [-0.15, -0.1) is 0 Å². The van der Waals surface area contributed by atoms with Crippen LogP contribution in [0, 0.1) is 0 Å². The van der Waals surface area contributed by atoms with E-state index in [9.17, 15) is 0 Å². The van der Waals surface area contributed by atoms with E-state index in [1.54, 1.807) is 6.92 Å². The van der Waals surface area contributed by atoms with Gasteiger partial charge >= 0.3 is 18.9 Å². The molecule has 56 valence electrons. The van der Waals surface area contributed by atoms with Crippen molar-refractivity contribution in [2.75, 3.05) is 0 Å². The molecule has 0 heterocycles. The molecular formula is C8H10ClLiO. The van der Waals surface area contributed by atoms with Crippen molar-refractivity contribution in [1.82, 2.24) is 0 Å². The van der Waals surface area contributed by atoms with Gasteiger partial charge in [0.1, 0.15) is 0 Å². The summed E-state index contributed by atoms with van der Waals surface area (Å²) in [5, 5.41) is 9.02. The Balaban J connectivity index is 0. The van der Waals surface area contributed by atoms with Crippen LogP contribution in [0.5, 0.6) is 0 Å². The van der Waals surface area contributed by atoms with Crippen LogP contribution in [0.3, 0.4) is 0 Å². The zero-order valence-electron chi connectivity index (χ0n) is 6.79. The molecule has 0 aromatic heterocycles. The van der Waals surface area contributed by atoms with Gasteiger partial charge in [0.2, 0.25) is 0 Å². The third-order valence-electron chi connectivity index (χ3n) is 1.28. The second-order valence-electron chi connectivity index (χ2n) is 2.09. The minimum atomic E-state index is -0.341. The number of halogens is 1. The number of hydrogen-bond acceptors (Lipinski definition) is 1. The molecule has 1 nitrogen and oxygen atoms in total. The predicted molar refractivity (Wildman–Crippen MR) is 37.1 cm³/mol. The predicted octanol–water partition coefficient (Wildman–Crippen LogP) is -4.25. The summed E-state index contributed by atoms with van der Waals surface area (Å²) in [6, 6.07) is 9.59. The van der Waals surface area contributed by atoms with Crippen LogP contribution in [-0.2, 0) is 0 Å². The van der Waals surface area contributed by atoms with Crippen LogP contribution in [-0.4, -0.2) is 5.11 Å². The summed E-state index contributed by atoms with van der Waals surface area (Å²) >= 11 is 0. The monoisotopic (exact) mass is 164 g/mol. The third-order valence-corrected chi connectivity index (χ3v) is 1.28. The zero-order chi connectivity index (χ0) is 6.69. The topological polar surface area (TPSA) is 20.2 Å². The van der Waals surface area contributed by atoms with Crippen molar-refractivity contribution >= 4 is 0 Å². The van der Waals surface area contributed by atoms with Gasteiger partial charge in [-0.05, 0) is 12.5 Å². The molecule has 0 aliphatic carbocycles. The van der Waals surface area contributed by atoms with E-state index >= 15 is 0 Å². The minimum Gasteiger partial charge on any atom is -1.00 e. The SMILES string of the molecule is CC(O)c1ccccc1.[Cl-].[Li+]. The summed E-state index contributed by atoms with van der Waals surface area (Å²) in [5.41, 5.74) is 0.970. The molecule has 0 bridgehead atoms. The molecule has 1 aromatic rings. The largest absolute Gasteiger partial charge is 1.00 e. The average molecular weight is 165 g/mol. The summed E-state index contributed by atoms with van der Waals surface area (Å²) < 4.78 is 0. The van der Waals surface area contributed by atoms with Crippen LogP contribution in [0.1, 0.15) is 18.6 Å². The first-order valence-corrected chi connectivity index (χ1v) is 3.03. The molecule has 0 spiro atoms. The fourth-order valence-corrected chi connectivity index (χ4v) is 0.732. The van der Waals surface area contributed by atoms with Gasteiger partial charge in [-0.25, -0.2) is 0 Å². The summed E-state index contributed by atoms with van der Waals surface area (Å²) in [5.74, 6) is 0. The maximum absolute atomic E-state index is 9.02. The van der Waals surface area contributed by atoms with Gasteiger partial charge in [0.25, 0.3) is 0 Å². The Hall–Kier alpha value is 0.0674. The van der Waals surface area contributed by atoms with Crippen LogP contribution in [0.15, 0.2) is 30.3 Å². The van der Waals surface area contributed by atoms with Gasteiger partial charge < -0.3 is 17.5 Å². The Morgan fingerprint density at radius 3 is 1.91 bits per heavy atom. The maximum Gasteiger partial charge on any atom is 1.00 e. The van der Waals surface area contributed by atoms with Crippen molar-refractivity contribution in [3.63, 3.8) is 0 Å². The Labute approximate surface area is 85.4 Å². The van der Waals surface area contributed by atoms with Gasteiger partial charge in [-0.3, -0.25) is 0 Å². The van der Waals surface area contributed by atoms with Crippen LogP contribution >= 0.6 is 0 Å². The summed E-state index contributed by atoms with van der Waals surface area (Å²) in [4.78, 5) is 0. The van der Waals surface area contributed by atoms with Gasteiger partial charge in [0.05, 0.1) is 6.10 Å². The Morgan fingerprint density at radius 2 is 1.64 bits per heavy atom. The van der Waals surface area contributed by atoms with Gasteiger partial charge in [-0.2, -0.15) is 0 Å². The van der Waals surface area contributed by atoms with Gasteiger partial charge in [0.15, 0.2) is 0 Å². The number of aliphatic hydroxyl groups is 1. The smallest absolute Gasteiger partial charge is 1.00 e. The normalized spacial score (nSPS) is 10.7. The minimum absolute atomic E-state index is 0. The van der Waals surface area contributed by atoms with Crippen molar-refractivity contribution in [1.29, 1.82) is 0 Å². The molecule has 0 fully saturated rings. The quantitative estimate of drug-likeness (QED) is 0.417. The molecule has 1 aromatic carbocycles. The Morgan fingerprint density at radius 1 is 1.18 bits per heavy atom. The molecule has 0 amide bonds. The molecule has 0 saturated carbocycles. The first-order valence-electron chi connectivity index (χ1n) is 3.03. The molecule has 0 aliphatic heterocycles. The van der Waals surface area contributed by atoms with E-state index in [0.717, 1.165) is 5.56 Å². The van der Waals surface area contributed by atoms with Gasteiger partial charge in [0, 0.05) is 0 Å². The summed E-state index contributed by atoms with van der Waals surface area (Å²) in [6.07, 6.45) is -0.341. The van der Waals surface area contributed by atoms with Crippen LogP contribution in [0.2, 0.25) is 0 Å². The van der Waals surface area contributed by atoms with Crippen LogP contribution in [0.25, 0.3) is 0 Å². The van der Waals surface area contributed by atoms with Crippen molar-refractivity contribution in [2.45, 2.75) is 13.0 Å². The molecular weight excluding hydrogens is 154 g/mol. The number of rotatable bonds is 1. The molecule has 1 unspecified atom stereocenters. The Kier molecular flexibility index (Phi) is 8.38. The second kappa shape index (κ2) is 6.76. The zero-order valence-corrected chi connectivity index (χ0v) is 7.55. The number of benzene rings is 1. The van der Waals surface area contributed by atoms with Crippen molar-refractivity contribution < 1.29 is 36.4 Å². The summed E-state index contributed by atoms with van der Waals surface area (Å²) in [7, 11) is 0. The second-order valence-corrected chi connectivity index (χ2v) is 2.09. The van der Waals surface area contributed by atoms with Crippen molar-refractivity contribution in [3.05, 3.63) is 35.9 Å². The molecule has 11 heavy (non-hydrogen) atoms. The fourth-order valence-electron chi connectivity index (χ4n) is 0.732. The number of hydrogen-bond donors (Lipinski definition) is 1.